The largest absolute Gasteiger partial charge is 0.495 e. The van der Waals surface area contributed by atoms with Gasteiger partial charge in [0.1, 0.15) is 18.1 Å². The fourth-order valence-electron chi connectivity index (χ4n) is 3.62. The highest BCUT2D eigenvalue weighted by atomic mass is 32.2. The first-order valence-corrected chi connectivity index (χ1v) is 13.4. The van der Waals surface area contributed by atoms with Gasteiger partial charge >= 0.3 is 0 Å². The van der Waals surface area contributed by atoms with Gasteiger partial charge in [0.05, 0.1) is 32.1 Å². The average Bonchev–Trinajstić information content (AvgIpc) is 2.86. The molecule has 186 valence electrons. The summed E-state index contributed by atoms with van der Waals surface area (Å²) in [7, 11) is -2.06. The van der Waals surface area contributed by atoms with Crippen molar-refractivity contribution in [2.75, 3.05) is 30.8 Å². The van der Waals surface area contributed by atoms with Crippen LogP contribution in [0.25, 0.3) is 0 Å². The Morgan fingerprint density at radius 2 is 1.60 bits per heavy atom. The van der Waals surface area contributed by atoms with E-state index >= 15 is 0 Å². The first kappa shape index (κ1) is 26.1. The Bertz CT molecular complexity index is 1210. The summed E-state index contributed by atoms with van der Waals surface area (Å²) >= 11 is 0. The van der Waals surface area contributed by atoms with Crippen molar-refractivity contribution in [3.63, 3.8) is 0 Å². The van der Waals surface area contributed by atoms with Crippen LogP contribution in [0.15, 0.2) is 72.8 Å². The zero-order chi connectivity index (χ0) is 25.3. The summed E-state index contributed by atoms with van der Waals surface area (Å²) in [5.41, 5.74) is 2.96. The first-order valence-electron chi connectivity index (χ1n) is 11.5. The molecule has 1 amide bonds. The Kier molecular flexibility index (Phi) is 9.14. The highest BCUT2D eigenvalue weighted by molar-refractivity contribution is 7.92. The molecule has 3 rings (SSSR count). The van der Waals surface area contributed by atoms with Crippen LogP contribution in [0.2, 0.25) is 0 Å². The third-order valence-corrected chi connectivity index (χ3v) is 6.54. The van der Waals surface area contributed by atoms with E-state index in [9.17, 15) is 13.2 Å². The minimum Gasteiger partial charge on any atom is -0.495 e. The second kappa shape index (κ2) is 12.3. The Morgan fingerprint density at radius 1 is 0.943 bits per heavy atom. The molecule has 3 aromatic carbocycles. The third-order valence-electron chi connectivity index (χ3n) is 5.41. The highest BCUT2D eigenvalue weighted by Gasteiger charge is 2.21. The van der Waals surface area contributed by atoms with Gasteiger partial charge in [-0.1, -0.05) is 49.7 Å². The van der Waals surface area contributed by atoms with E-state index in [1.807, 2.05) is 12.1 Å². The summed E-state index contributed by atoms with van der Waals surface area (Å²) in [6.45, 7) is 2.99. The second-order valence-corrected chi connectivity index (χ2v) is 10.0. The molecule has 0 saturated heterocycles. The summed E-state index contributed by atoms with van der Waals surface area (Å²) < 4.78 is 37.2. The number of nitrogens with zero attached hydrogens (tertiary/aromatic N) is 1. The number of sulfonamides is 1. The van der Waals surface area contributed by atoms with Gasteiger partial charge in [-0.2, -0.15) is 0 Å². The van der Waals surface area contributed by atoms with Crippen LogP contribution >= 0.6 is 0 Å². The highest BCUT2D eigenvalue weighted by Crippen LogP contribution is 2.30. The molecule has 3 aromatic rings. The van der Waals surface area contributed by atoms with Gasteiger partial charge in [0.15, 0.2) is 0 Å². The lowest BCUT2D eigenvalue weighted by atomic mass is 10.1. The minimum absolute atomic E-state index is 0.117. The molecular weight excluding hydrogens is 464 g/mol. The van der Waals surface area contributed by atoms with E-state index in [-0.39, 0.29) is 12.5 Å². The van der Waals surface area contributed by atoms with Crippen LogP contribution in [-0.2, 0) is 23.0 Å². The van der Waals surface area contributed by atoms with Gasteiger partial charge in [-0.15, -0.1) is 0 Å². The lowest BCUT2D eigenvalue weighted by Crippen LogP contribution is -2.30. The number of nitrogens with one attached hydrogen (secondary N) is 1. The number of rotatable bonds is 12. The molecule has 0 radical (unpaired) electrons. The monoisotopic (exact) mass is 496 g/mol. The topological polar surface area (TPSA) is 84.9 Å². The zero-order valence-electron chi connectivity index (χ0n) is 20.4. The van der Waals surface area contributed by atoms with E-state index in [1.165, 1.54) is 17.0 Å². The molecule has 0 saturated carbocycles. The fourth-order valence-corrected chi connectivity index (χ4v) is 4.51. The number of hydrogen-bond donors (Lipinski definition) is 1. The maximum atomic E-state index is 12.5. The second-order valence-electron chi connectivity index (χ2n) is 8.14. The number of benzene rings is 3. The SMILES string of the molecule is CCCc1ccc(OCCNC(=O)c2ccc(CN(c3ccccc3OC)S(C)(=O)=O)cc2)cc1. The van der Waals surface area contributed by atoms with E-state index in [0.717, 1.165) is 30.4 Å². The van der Waals surface area contributed by atoms with E-state index in [4.69, 9.17) is 9.47 Å². The number of para-hydroxylation sites is 2. The summed E-state index contributed by atoms with van der Waals surface area (Å²) in [5.74, 6) is 1.02. The number of ether oxygens (including phenoxy) is 2. The maximum Gasteiger partial charge on any atom is 0.251 e. The van der Waals surface area contributed by atoms with Crippen LogP contribution in [0.3, 0.4) is 0 Å². The summed E-state index contributed by atoms with van der Waals surface area (Å²) in [4.78, 5) is 12.5. The van der Waals surface area contributed by atoms with Gasteiger partial charge in [0.25, 0.3) is 5.91 Å². The fraction of sp³-hybridized carbons (Fsp3) is 0.296. The van der Waals surface area contributed by atoms with E-state index < -0.39 is 10.0 Å². The van der Waals surface area contributed by atoms with Gasteiger partial charge in [0, 0.05) is 5.56 Å². The maximum absolute atomic E-state index is 12.5. The molecule has 7 nitrogen and oxygen atoms in total. The molecule has 0 aliphatic rings. The number of anilines is 1. The smallest absolute Gasteiger partial charge is 0.251 e. The van der Waals surface area contributed by atoms with Crippen molar-refractivity contribution in [3.8, 4) is 11.5 Å². The molecule has 0 aliphatic heterocycles. The van der Waals surface area contributed by atoms with Gasteiger partial charge in [0.2, 0.25) is 10.0 Å². The Labute approximate surface area is 207 Å². The number of amides is 1. The normalized spacial score (nSPS) is 11.1. The lowest BCUT2D eigenvalue weighted by molar-refractivity contribution is 0.0947. The van der Waals surface area contributed by atoms with E-state index in [2.05, 4.69) is 24.4 Å². The summed E-state index contributed by atoms with van der Waals surface area (Å²) in [6.07, 6.45) is 3.30. The quantitative estimate of drug-likeness (QED) is 0.375. The number of carbonyl (C=O) groups is 1. The zero-order valence-corrected chi connectivity index (χ0v) is 21.2. The molecule has 0 aliphatic carbocycles. The average molecular weight is 497 g/mol. The molecule has 0 aromatic heterocycles. The van der Waals surface area contributed by atoms with Crippen LogP contribution in [0.4, 0.5) is 5.69 Å². The molecule has 0 bridgehead atoms. The van der Waals surface area contributed by atoms with Crippen molar-refractivity contribution < 1.29 is 22.7 Å². The standard InChI is InChI=1S/C27H32N2O5S/c1-4-7-21-12-16-24(17-13-21)34-19-18-28-27(30)23-14-10-22(11-15-23)20-29(35(3,31)32)25-8-5-6-9-26(25)33-2/h5-6,8-17H,4,7,18-20H2,1-3H3,(H,28,30). The molecule has 0 heterocycles. The third kappa shape index (κ3) is 7.48. The Balaban J connectivity index is 1.56. The van der Waals surface area contributed by atoms with E-state index in [0.29, 0.717) is 30.2 Å². The van der Waals surface area contributed by atoms with Gasteiger partial charge in [-0.3, -0.25) is 9.10 Å². The number of hydrogen-bond acceptors (Lipinski definition) is 5. The molecule has 0 fully saturated rings. The van der Waals surface area contributed by atoms with Crippen LogP contribution in [0.5, 0.6) is 11.5 Å². The molecular formula is C27H32N2O5S. The molecule has 35 heavy (non-hydrogen) atoms. The van der Waals surface area contributed by atoms with Crippen LogP contribution < -0.4 is 19.1 Å². The first-order chi connectivity index (χ1) is 16.8. The Hall–Kier alpha value is -3.52. The van der Waals surface area contributed by atoms with E-state index in [1.54, 1.807) is 48.5 Å². The van der Waals surface area contributed by atoms with Crippen molar-refractivity contribution in [2.45, 2.75) is 26.3 Å². The van der Waals surface area contributed by atoms with Gasteiger partial charge in [-0.25, -0.2) is 8.42 Å². The summed E-state index contributed by atoms with van der Waals surface area (Å²) in [5, 5.41) is 2.84. The lowest BCUT2D eigenvalue weighted by Gasteiger charge is -2.24. The van der Waals surface area contributed by atoms with Crippen molar-refractivity contribution in [2.24, 2.45) is 0 Å². The number of carbonyl (C=O) groups excluding carboxylic acids is 1. The predicted molar refractivity (Wildman–Crippen MR) is 139 cm³/mol. The van der Waals surface area contributed by atoms with Crippen molar-refractivity contribution in [1.82, 2.24) is 5.32 Å². The summed E-state index contributed by atoms with van der Waals surface area (Å²) in [6, 6.07) is 21.8. The Morgan fingerprint density at radius 3 is 2.23 bits per heavy atom. The van der Waals surface area contributed by atoms with Gasteiger partial charge < -0.3 is 14.8 Å². The van der Waals surface area contributed by atoms with Gasteiger partial charge in [-0.05, 0) is 53.9 Å². The molecule has 0 unspecified atom stereocenters. The van der Waals surface area contributed by atoms with Crippen molar-refractivity contribution in [3.05, 3.63) is 89.5 Å². The minimum atomic E-state index is -3.56. The van der Waals surface area contributed by atoms with Crippen molar-refractivity contribution >= 4 is 21.6 Å². The van der Waals surface area contributed by atoms with Crippen LogP contribution in [0.1, 0.15) is 34.8 Å². The predicted octanol–water partition coefficient (Wildman–Crippen LogP) is 4.42. The van der Waals surface area contributed by atoms with Crippen LogP contribution in [-0.4, -0.2) is 40.8 Å². The van der Waals surface area contributed by atoms with Crippen LogP contribution in [0, 0.1) is 0 Å². The molecule has 8 heteroatoms. The number of methoxy groups -OCH3 is 1. The molecule has 0 atom stereocenters. The molecule has 0 spiro atoms. The number of aryl methyl sites for hydroxylation is 1. The molecule has 1 N–H and O–H groups in total. The van der Waals surface area contributed by atoms with Crippen molar-refractivity contribution in [1.29, 1.82) is 0 Å².